The molecule has 5 heteroatoms. The minimum Gasteiger partial charge on any atom is -0.481 e. The fraction of sp³-hybridized carbons (Fsp3) is 0.800. The van der Waals surface area contributed by atoms with Gasteiger partial charge in [0, 0.05) is 19.4 Å². The Morgan fingerprint density at radius 2 is 1.84 bits per heavy atom. The van der Waals surface area contributed by atoms with Gasteiger partial charge in [0.1, 0.15) is 0 Å². The van der Waals surface area contributed by atoms with E-state index in [1.165, 1.54) is 19.3 Å². The highest BCUT2D eigenvalue weighted by Crippen LogP contribution is 2.28. The van der Waals surface area contributed by atoms with E-state index >= 15 is 0 Å². The van der Waals surface area contributed by atoms with E-state index in [0.29, 0.717) is 18.8 Å². The van der Waals surface area contributed by atoms with Gasteiger partial charge in [-0.05, 0) is 38.0 Å². The third-order valence-corrected chi connectivity index (χ3v) is 5.58. The van der Waals surface area contributed by atoms with Gasteiger partial charge in [-0.1, -0.05) is 44.3 Å². The predicted octanol–water partition coefficient (Wildman–Crippen LogP) is 3.51. The normalized spacial score (nSPS) is 23.5. The molecule has 1 amide bonds. The number of rotatable bonds is 10. The van der Waals surface area contributed by atoms with Gasteiger partial charge in [-0.25, -0.2) is 0 Å². The van der Waals surface area contributed by atoms with Gasteiger partial charge in [-0.2, -0.15) is 0 Å². The average Bonchev–Trinajstić information content (AvgIpc) is 2.96. The van der Waals surface area contributed by atoms with Gasteiger partial charge in [0.25, 0.3) is 0 Å². The molecule has 2 unspecified atom stereocenters. The van der Waals surface area contributed by atoms with Crippen LogP contribution >= 0.6 is 0 Å². The van der Waals surface area contributed by atoms with Crippen LogP contribution in [-0.2, 0) is 9.59 Å². The molecule has 1 aliphatic heterocycles. The number of carbonyl (C=O) groups is 2. The molecule has 0 spiro atoms. The van der Waals surface area contributed by atoms with E-state index in [1.807, 2.05) is 17.1 Å². The van der Waals surface area contributed by atoms with E-state index in [4.69, 9.17) is 5.11 Å². The lowest BCUT2D eigenvalue weighted by molar-refractivity contribution is -0.137. The standard InChI is InChI=1S/C20H33NO4/c22-18(16-8-4-3-5-9-16)13-11-17-12-14-19(23)21(17)15-7-2-1-6-10-20(24)25/h11,13,16-18,22H,1-10,12,14-15H2,(H,24,25). The number of carbonyl (C=O) groups excluding carboxylic acids is 1. The quantitative estimate of drug-likeness (QED) is 0.466. The topological polar surface area (TPSA) is 77.8 Å². The number of amides is 1. The van der Waals surface area contributed by atoms with Crippen molar-refractivity contribution in [3.05, 3.63) is 12.2 Å². The van der Waals surface area contributed by atoms with Crippen LogP contribution in [0.5, 0.6) is 0 Å². The van der Waals surface area contributed by atoms with Crippen LogP contribution < -0.4 is 0 Å². The van der Waals surface area contributed by atoms with E-state index in [0.717, 1.165) is 45.1 Å². The van der Waals surface area contributed by atoms with Gasteiger partial charge in [-0.3, -0.25) is 9.59 Å². The first-order valence-corrected chi connectivity index (χ1v) is 9.95. The fourth-order valence-corrected chi connectivity index (χ4v) is 4.03. The van der Waals surface area contributed by atoms with Crippen LogP contribution in [0, 0.1) is 5.92 Å². The second kappa shape index (κ2) is 10.6. The van der Waals surface area contributed by atoms with Crippen LogP contribution in [0.25, 0.3) is 0 Å². The van der Waals surface area contributed by atoms with Gasteiger partial charge in [-0.15, -0.1) is 0 Å². The van der Waals surface area contributed by atoms with Crippen LogP contribution in [-0.4, -0.2) is 45.7 Å². The summed E-state index contributed by atoms with van der Waals surface area (Å²) in [5.41, 5.74) is 0. The van der Waals surface area contributed by atoms with Crippen LogP contribution in [0.3, 0.4) is 0 Å². The molecule has 1 saturated heterocycles. The van der Waals surface area contributed by atoms with Crippen molar-refractivity contribution in [2.45, 2.75) is 89.2 Å². The van der Waals surface area contributed by atoms with Crippen molar-refractivity contribution >= 4 is 11.9 Å². The SMILES string of the molecule is O=C(O)CCCCCCN1C(=O)CCC1C=CC(O)C1CCCCC1. The molecular formula is C20H33NO4. The molecule has 2 rings (SSSR count). The number of carboxylic acids is 1. The molecule has 142 valence electrons. The van der Waals surface area contributed by atoms with E-state index in [-0.39, 0.29) is 24.5 Å². The molecule has 1 heterocycles. The van der Waals surface area contributed by atoms with Gasteiger partial charge in [0.05, 0.1) is 12.1 Å². The van der Waals surface area contributed by atoms with Crippen molar-refractivity contribution in [1.82, 2.24) is 4.90 Å². The van der Waals surface area contributed by atoms with Crippen LogP contribution in [0.15, 0.2) is 12.2 Å². The van der Waals surface area contributed by atoms with Crippen molar-refractivity contribution in [1.29, 1.82) is 0 Å². The van der Waals surface area contributed by atoms with Crippen molar-refractivity contribution in [3.63, 3.8) is 0 Å². The molecule has 0 aromatic rings. The van der Waals surface area contributed by atoms with Gasteiger partial charge in [0.2, 0.25) is 5.91 Å². The molecule has 0 radical (unpaired) electrons. The third-order valence-electron chi connectivity index (χ3n) is 5.58. The lowest BCUT2D eigenvalue weighted by Crippen LogP contribution is -2.33. The average molecular weight is 351 g/mol. The first-order chi connectivity index (χ1) is 12.1. The number of aliphatic carboxylic acids is 1. The Kier molecular flexibility index (Phi) is 8.45. The Hall–Kier alpha value is -1.36. The number of aliphatic hydroxyl groups is 1. The zero-order chi connectivity index (χ0) is 18.1. The zero-order valence-corrected chi connectivity index (χ0v) is 15.2. The number of hydrogen-bond acceptors (Lipinski definition) is 3. The van der Waals surface area contributed by atoms with E-state index < -0.39 is 5.97 Å². The number of nitrogens with zero attached hydrogens (tertiary/aromatic N) is 1. The molecular weight excluding hydrogens is 318 g/mol. The second-order valence-corrected chi connectivity index (χ2v) is 7.52. The summed E-state index contributed by atoms with van der Waals surface area (Å²) in [5.74, 6) is -0.159. The van der Waals surface area contributed by atoms with Crippen molar-refractivity contribution in [2.75, 3.05) is 6.54 Å². The minimum atomic E-state index is -0.739. The molecule has 25 heavy (non-hydrogen) atoms. The molecule has 2 N–H and O–H groups in total. The summed E-state index contributed by atoms with van der Waals surface area (Å²) >= 11 is 0. The maximum atomic E-state index is 12.1. The first kappa shape index (κ1) is 20.0. The van der Waals surface area contributed by atoms with E-state index in [1.54, 1.807) is 0 Å². The summed E-state index contributed by atoms with van der Waals surface area (Å²) in [6.07, 6.45) is 14.6. The number of hydrogen-bond donors (Lipinski definition) is 2. The Bertz CT molecular complexity index is 457. The Labute approximate surface area is 151 Å². The van der Waals surface area contributed by atoms with Crippen LogP contribution in [0.1, 0.15) is 77.0 Å². The van der Waals surface area contributed by atoms with E-state index in [2.05, 4.69) is 0 Å². The molecule has 0 aromatic heterocycles. The summed E-state index contributed by atoms with van der Waals surface area (Å²) in [7, 11) is 0. The van der Waals surface area contributed by atoms with Gasteiger partial charge in [0.15, 0.2) is 0 Å². The fourth-order valence-electron chi connectivity index (χ4n) is 4.03. The van der Waals surface area contributed by atoms with Crippen molar-refractivity contribution < 1.29 is 19.8 Å². The van der Waals surface area contributed by atoms with Crippen LogP contribution in [0.2, 0.25) is 0 Å². The van der Waals surface area contributed by atoms with Crippen LogP contribution in [0.4, 0.5) is 0 Å². The second-order valence-electron chi connectivity index (χ2n) is 7.52. The van der Waals surface area contributed by atoms with Crippen molar-refractivity contribution in [2.24, 2.45) is 5.92 Å². The smallest absolute Gasteiger partial charge is 0.303 e. The zero-order valence-electron chi connectivity index (χ0n) is 15.2. The maximum absolute atomic E-state index is 12.1. The summed E-state index contributed by atoms with van der Waals surface area (Å²) in [6, 6.07) is 0.116. The molecule has 2 aliphatic rings. The highest BCUT2D eigenvalue weighted by molar-refractivity contribution is 5.79. The largest absolute Gasteiger partial charge is 0.481 e. The Balaban J connectivity index is 1.72. The lowest BCUT2D eigenvalue weighted by Gasteiger charge is -2.26. The highest BCUT2D eigenvalue weighted by atomic mass is 16.4. The molecule has 5 nitrogen and oxygen atoms in total. The minimum absolute atomic E-state index is 0.116. The molecule has 0 aromatic carbocycles. The molecule has 2 atom stereocenters. The highest BCUT2D eigenvalue weighted by Gasteiger charge is 2.29. The summed E-state index contributed by atoms with van der Waals surface area (Å²) in [4.78, 5) is 24.5. The third kappa shape index (κ3) is 6.81. The van der Waals surface area contributed by atoms with Gasteiger partial charge < -0.3 is 15.1 Å². The van der Waals surface area contributed by atoms with E-state index in [9.17, 15) is 14.7 Å². The summed E-state index contributed by atoms with van der Waals surface area (Å²) in [6.45, 7) is 0.737. The number of carboxylic acid groups (broad SMARTS) is 1. The Morgan fingerprint density at radius 1 is 1.12 bits per heavy atom. The van der Waals surface area contributed by atoms with Crippen molar-refractivity contribution in [3.8, 4) is 0 Å². The summed E-state index contributed by atoms with van der Waals surface area (Å²) in [5, 5.41) is 19.0. The number of aliphatic hydroxyl groups excluding tert-OH is 1. The summed E-state index contributed by atoms with van der Waals surface area (Å²) < 4.78 is 0. The number of likely N-dealkylation sites (tertiary alicyclic amines) is 1. The van der Waals surface area contributed by atoms with Gasteiger partial charge >= 0.3 is 5.97 Å². The molecule has 1 saturated carbocycles. The predicted molar refractivity (Wildman–Crippen MR) is 97.2 cm³/mol. The number of unbranched alkanes of at least 4 members (excludes halogenated alkanes) is 3. The molecule has 2 fully saturated rings. The molecule has 1 aliphatic carbocycles. The lowest BCUT2D eigenvalue weighted by atomic mass is 9.85. The monoisotopic (exact) mass is 351 g/mol. The first-order valence-electron chi connectivity index (χ1n) is 9.95. The Morgan fingerprint density at radius 3 is 2.56 bits per heavy atom. The maximum Gasteiger partial charge on any atom is 0.303 e. The molecule has 0 bridgehead atoms.